The van der Waals surface area contributed by atoms with E-state index in [0.29, 0.717) is 35.6 Å². The Balaban J connectivity index is 1.53. The van der Waals surface area contributed by atoms with Gasteiger partial charge in [0.2, 0.25) is 11.8 Å². The van der Waals surface area contributed by atoms with Crippen LogP contribution in [0, 0.1) is 5.92 Å². The molecule has 15 heteroatoms. The monoisotopic (exact) mass is 585 g/mol. The lowest BCUT2D eigenvalue weighted by atomic mass is 9.81. The summed E-state index contributed by atoms with van der Waals surface area (Å²) in [5, 5.41) is 13.3. The van der Waals surface area contributed by atoms with Crippen molar-refractivity contribution >= 4 is 22.8 Å². The number of imidazole rings is 1. The molecule has 1 aliphatic rings. The maximum atomic E-state index is 13.9. The Hall–Kier alpha value is -3.62. The van der Waals surface area contributed by atoms with E-state index in [9.17, 15) is 31.5 Å². The molecule has 224 valence electrons. The predicted molar refractivity (Wildman–Crippen MR) is 137 cm³/mol. The summed E-state index contributed by atoms with van der Waals surface area (Å²) in [6, 6.07) is 3.77. The summed E-state index contributed by atoms with van der Waals surface area (Å²) in [4.78, 5) is 32.9. The van der Waals surface area contributed by atoms with Crippen molar-refractivity contribution in [2.75, 3.05) is 13.7 Å². The third kappa shape index (κ3) is 8.21. The van der Waals surface area contributed by atoms with Crippen LogP contribution in [-0.4, -0.2) is 62.6 Å². The van der Waals surface area contributed by atoms with Gasteiger partial charge in [-0.1, -0.05) is 11.3 Å². The molecule has 0 saturated heterocycles. The third-order valence-electron chi connectivity index (χ3n) is 7.15. The Morgan fingerprint density at radius 3 is 2.63 bits per heavy atom. The van der Waals surface area contributed by atoms with Crippen LogP contribution in [0.2, 0.25) is 0 Å². The van der Waals surface area contributed by atoms with Gasteiger partial charge in [0.15, 0.2) is 5.69 Å². The molecule has 41 heavy (non-hydrogen) atoms. The van der Waals surface area contributed by atoms with Gasteiger partial charge in [0, 0.05) is 26.4 Å². The fourth-order valence-corrected chi connectivity index (χ4v) is 4.83. The second kappa shape index (κ2) is 12.5. The quantitative estimate of drug-likeness (QED) is 0.282. The normalized spacial score (nSPS) is 17.3. The topological polar surface area (TPSA) is 127 Å². The molecule has 1 fully saturated rings. The Bertz CT molecular complexity index is 1350. The summed E-state index contributed by atoms with van der Waals surface area (Å²) in [6.07, 6.45) is -5.13. The minimum atomic E-state index is -4.42. The van der Waals surface area contributed by atoms with Crippen LogP contribution in [0.3, 0.4) is 0 Å². The van der Waals surface area contributed by atoms with Crippen LogP contribution in [0.25, 0.3) is 11.0 Å². The van der Waals surface area contributed by atoms with Crippen molar-refractivity contribution in [3.63, 3.8) is 0 Å². The molecule has 2 aromatic heterocycles. The van der Waals surface area contributed by atoms with Crippen LogP contribution in [-0.2, 0) is 16.1 Å². The molecule has 0 spiro atoms. The molecule has 0 unspecified atom stereocenters. The molecule has 2 heterocycles. The van der Waals surface area contributed by atoms with Crippen molar-refractivity contribution in [1.82, 2.24) is 35.6 Å². The lowest BCUT2D eigenvalue weighted by molar-refractivity contribution is -0.144. The molecule has 2 amide bonds. The van der Waals surface area contributed by atoms with Gasteiger partial charge in [-0.2, -0.15) is 13.2 Å². The fourth-order valence-electron chi connectivity index (χ4n) is 4.83. The highest BCUT2D eigenvalue weighted by molar-refractivity contribution is 5.92. The number of H-pyrrole nitrogens is 1. The molecule has 10 nitrogen and oxygen atoms in total. The van der Waals surface area contributed by atoms with E-state index in [4.69, 9.17) is 4.74 Å². The maximum absolute atomic E-state index is 13.9. The van der Waals surface area contributed by atoms with Gasteiger partial charge in [0.25, 0.3) is 5.91 Å². The Labute approximate surface area is 232 Å². The first kappa shape index (κ1) is 30.3. The van der Waals surface area contributed by atoms with Crippen molar-refractivity contribution in [1.29, 1.82) is 0 Å². The zero-order valence-electron chi connectivity index (χ0n) is 22.6. The van der Waals surface area contributed by atoms with Gasteiger partial charge in [0.05, 0.1) is 48.9 Å². The largest absolute Gasteiger partial charge is 0.389 e. The summed E-state index contributed by atoms with van der Waals surface area (Å²) in [5.41, 5.74) is 1.77. The molecular weight excluding hydrogens is 553 g/mol. The number of aromatic amines is 1. The summed E-state index contributed by atoms with van der Waals surface area (Å²) in [5.74, 6) is -3.98. The highest BCUT2D eigenvalue weighted by Crippen LogP contribution is 2.41. The van der Waals surface area contributed by atoms with Crippen molar-refractivity contribution < 1.29 is 36.3 Å². The number of ether oxygens (including phenoxy) is 1. The Morgan fingerprint density at radius 2 is 1.95 bits per heavy atom. The SMILES string of the molecule is COCCn1cc(C(=O)N[C@H](c2nc3ccc([C@@H](C)NC(=O)CCC(F)(F)F)cc3[nH]2)C2CCC(F)(F)CC2)nn1. The van der Waals surface area contributed by atoms with Gasteiger partial charge in [-0.05, 0) is 43.4 Å². The number of methoxy groups -OCH3 is 1. The molecule has 0 radical (unpaired) electrons. The van der Waals surface area contributed by atoms with E-state index in [-0.39, 0.29) is 37.3 Å². The minimum Gasteiger partial charge on any atom is -0.383 e. The molecule has 2 atom stereocenters. The van der Waals surface area contributed by atoms with Gasteiger partial charge in [-0.15, -0.1) is 5.10 Å². The number of carbonyl (C=O) groups excluding carboxylic acids is 2. The zero-order chi connectivity index (χ0) is 29.8. The smallest absolute Gasteiger partial charge is 0.383 e. The van der Waals surface area contributed by atoms with Gasteiger partial charge in [-0.3, -0.25) is 9.59 Å². The number of hydrogen-bond acceptors (Lipinski definition) is 6. The second-order valence-electron chi connectivity index (χ2n) is 10.3. The molecule has 1 saturated carbocycles. The van der Waals surface area contributed by atoms with E-state index in [2.05, 4.69) is 30.9 Å². The number of fused-ring (bicyclic) bond motifs is 1. The van der Waals surface area contributed by atoms with E-state index >= 15 is 0 Å². The van der Waals surface area contributed by atoms with Gasteiger partial charge in [0.1, 0.15) is 5.82 Å². The Kier molecular flexibility index (Phi) is 9.24. The molecule has 1 aromatic carbocycles. The van der Waals surface area contributed by atoms with E-state index in [1.165, 1.54) is 18.0 Å². The molecule has 4 rings (SSSR count). The van der Waals surface area contributed by atoms with Crippen molar-refractivity contribution in [2.45, 2.75) is 76.2 Å². The van der Waals surface area contributed by atoms with Crippen molar-refractivity contribution in [2.24, 2.45) is 5.92 Å². The average Bonchev–Trinajstić information content (AvgIpc) is 3.56. The number of aromatic nitrogens is 5. The first-order chi connectivity index (χ1) is 19.3. The van der Waals surface area contributed by atoms with E-state index in [0.717, 1.165) is 0 Å². The summed E-state index contributed by atoms with van der Waals surface area (Å²) in [6.45, 7) is 2.42. The first-order valence-electron chi connectivity index (χ1n) is 13.3. The highest BCUT2D eigenvalue weighted by atomic mass is 19.4. The van der Waals surface area contributed by atoms with Crippen molar-refractivity contribution in [3.8, 4) is 0 Å². The zero-order valence-corrected chi connectivity index (χ0v) is 22.6. The minimum absolute atomic E-state index is 0.0562. The first-order valence-corrected chi connectivity index (χ1v) is 13.3. The van der Waals surface area contributed by atoms with Crippen LogP contribution in [0.15, 0.2) is 24.4 Å². The average molecular weight is 586 g/mol. The maximum Gasteiger partial charge on any atom is 0.389 e. The number of nitrogens with one attached hydrogen (secondary N) is 3. The lowest BCUT2D eigenvalue weighted by Crippen LogP contribution is -2.37. The number of carbonyl (C=O) groups is 2. The Morgan fingerprint density at radius 1 is 1.22 bits per heavy atom. The van der Waals surface area contributed by atoms with Gasteiger partial charge in [-0.25, -0.2) is 18.4 Å². The molecule has 3 aromatic rings. The molecule has 0 bridgehead atoms. The van der Waals surface area contributed by atoms with Gasteiger partial charge >= 0.3 is 6.18 Å². The lowest BCUT2D eigenvalue weighted by Gasteiger charge is -2.33. The van der Waals surface area contributed by atoms with E-state index in [1.807, 2.05) is 0 Å². The van der Waals surface area contributed by atoms with Crippen molar-refractivity contribution in [3.05, 3.63) is 41.5 Å². The van der Waals surface area contributed by atoms with Gasteiger partial charge < -0.3 is 20.4 Å². The van der Waals surface area contributed by atoms with E-state index < -0.39 is 48.8 Å². The van der Waals surface area contributed by atoms with Crippen LogP contribution in [0.5, 0.6) is 0 Å². The number of alkyl halides is 5. The van der Waals surface area contributed by atoms with Crippen LogP contribution in [0.1, 0.15) is 79.4 Å². The highest BCUT2D eigenvalue weighted by Gasteiger charge is 2.39. The number of hydrogen-bond donors (Lipinski definition) is 3. The summed E-state index contributed by atoms with van der Waals surface area (Å²) < 4.78 is 71.7. The molecular formula is C26H32F5N7O3. The molecule has 0 aliphatic heterocycles. The van der Waals surface area contributed by atoms with Crippen LogP contribution < -0.4 is 10.6 Å². The van der Waals surface area contributed by atoms with Crippen LogP contribution in [0.4, 0.5) is 22.0 Å². The number of rotatable bonds is 11. The predicted octanol–water partition coefficient (Wildman–Crippen LogP) is 4.62. The number of benzene rings is 1. The molecule has 1 aliphatic carbocycles. The number of amides is 2. The number of halogens is 5. The number of nitrogens with zero attached hydrogens (tertiary/aromatic N) is 4. The molecule has 3 N–H and O–H groups in total. The second-order valence-corrected chi connectivity index (χ2v) is 10.3. The fraction of sp³-hybridized carbons (Fsp3) is 0.577. The van der Waals surface area contributed by atoms with Crippen LogP contribution >= 0.6 is 0 Å². The summed E-state index contributed by atoms with van der Waals surface area (Å²) in [7, 11) is 1.54. The third-order valence-corrected chi connectivity index (χ3v) is 7.15. The van der Waals surface area contributed by atoms with E-state index in [1.54, 1.807) is 25.1 Å². The standard InChI is InChI=1S/C26H32F5N7O3/c1-15(32-21(39)7-10-26(29,30)31)17-3-4-18-19(13-17)34-23(33-18)22(16-5-8-25(27,28)9-6-16)35-24(40)20-14-38(37-36-20)11-12-41-2/h3-4,13-16,22H,5-12H2,1-2H3,(H,32,39)(H,33,34)(H,35,40)/t15-,22+/m1/s1. The summed E-state index contributed by atoms with van der Waals surface area (Å²) >= 11 is 0.